The highest BCUT2D eigenvalue weighted by Gasteiger charge is 2.19. The maximum Gasteiger partial charge on any atom is 0.119 e. The third-order valence-corrected chi connectivity index (χ3v) is 3.29. The Labute approximate surface area is 116 Å². The Morgan fingerprint density at radius 3 is 2.58 bits per heavy atom. The van der Waals surface area contributed by atoms with E-state index in [0.717, 1.165) is 24.8 Å². The van der Waals surface area contributed by atoms with Gasteiger partial charge in [0.25, 0.3) is 0 Å². The van der Waals surface area contributed by atoms with E-state index in [-0.39, 0.29) is 6.10 Å². The van der Waals surface area contributed by atoms with Gasteiger partial charge in [0.1, 0.15) is 5.75 Å². The zero-order chi connectivity index (χ0) is 13.7. The molecule has 0 radical (unpaired) electrons. The van der Waals surface area contributed by atoms with Crippen LogP contribution in [0, 0.1) is 0 Å². The van der Waals surface area contributed by atoms with Gasteiger partial charge < -0.3 is 10.1 Å². The van der Waals surface area contributed by atoms with Crippen LogP contribution >= 0.6 is 0 Å². The molecule has 1 aromatic carbocycles. The predicted octanol–water partition coefficient (Wildman–Crippen LogP) is 4.02. The second-order valence-electron chi connectivity index (χ2n) is 5.60. The number of rotatable bonds is 7. The summed E-state index contributed by atoms with van der Waals surface area (Å²) < 4.78 is 5.65. The molecular weight excluding hydrogens is 234 g/mol. The minimum absolute atomic E-state index is 0.232. The van der Waals surface area contributed by atoms with Crippen molar-refractivity contribution in [2.24, 2.45) is 0 Å². The predicted molar refractivity (Wildman–Crippen MR) is 81.5 cm³/mol. The standard InChI is InChI=1S/C17H25NO/c1-13(2)19-17-10-6-15(7-11-17)14(3)5-4-12-18-16-8-9-16/h5-7,10-11,13,16,18H,4,8-9,12H2,1-3H3. The molecule has 0 spiro atoms. The van der Waals surface area contributed by atoms with Crippen LogP contribution in [0.1, 0.15) is 45.6 Å². The Kier molecular flexibility index (Phi) is 5.03. The van der Waals surface area contributed by atoms with Crippen LogP contribution in [0.25, 0.3) is 5.57 Å². The molecule has 1 N–H and O–H groups in total. The van der Waals surface area contributed by atoms with E-state index in [0.29, 0.717) is 0 Å². The maximum atomic E-state index is 5.65. The number of nitrogens with one attached hydrogen (secondary N) is 1. The summed E-state index contributed by atoms with van der Waals surface area (Å²) in [6.07, 6.45) is 6.37. The Morgan fingerprint density at radius 1 is 1.32 bits per heavy atom. The number of benzene rings is 1. The Bertz CT molecular complexity index is 415. The molecule has 0 bridgehead atoms. The highest BCUT2D eigenvalue weighted by atomic mass is 16.5. The third-order valence-electron chi connectivity index (χ3n) is 3.29. The first-order valence-electron chi connectivity index (χ1n) is 7.32. The van der Waals surface area contributed by atoms with E-state index in [1.807, 2.05) is 13.8 Å². The monoisotopic (exact) mass is 259 g/mol. The van der Waals surface area contributed by atoms with Crippen LogP contribution in [-0.4, -0.2) is 18.7 Å². The second kappa shape index (κ2) is 6.76. The summed E-state index contributed by atoms with van der Waals surface area (Å²) in [6, 6.07) is 9.18. The first-order chi connectivity index (χ1) is 9.15. The van der Waals surface area contributed by atoms with Crippen LogP contribution in [0.15, 0.2) is 30.3 Å². The quantitative estimate of drug-likeness (QED) is 0.747. The average Bonchev–Trinajstić information content (AvgIpc) is 3.18. The lowest BCUT2D eigenvalue weighted by Gasteiger charge is -2.10. The smallest absolute Gasteiger partial charge is 0.119 e. The Hall–Kier alpha value is -1.28. The zero-order valence-corrected chi connectivity index (χ0v) is 12.3. The second-order valence-corrected chi connectivity index (χ2v) is 5.60. The topological polar surface area (TPSA) is 21.3 Å². The summed E-state index contributed by atoms with van der Waals surface area (Å²) in [4.78, 5) is 0. The van der Waals surface area contributed by atoms with Crippen LogP contribution in [0.2, 0.25) is 0 Å². The van der Waals surface area contributed by atoms with Crippen molar-refractivity contribution < 1.29 is 4.74 Å². The fourth-order valence-corrected chi connectivity index (χ4v) is 2.05. The highest BCUT2D eigenvalue weighted by molar-refractivity contribution is 5.64. The summed E-state index contributed by atoms with van der Waals surface area (Å²) in [5.41, 5.74) is 2.62. The largest absolute Gasteiger partial charge is 0.491 e. The van der Waals surface area contributed by atoms with Crippen LogP contribution in [0.5, 0.6) is 5.75 Å². The van der Waals surface area contributed by atoms with Crippen molar-refractivity contribution in [3.63, 3.8) is 0 Å². The summed E-state index contributed by atoms with van der Waals surface area (Å²) in [6.45, 7) is 7.36. The first kappa shape index (κ1) is 14.1. The van der Waals surface area contributed by atoms with E-state index in [2.05, 4.69) is 42.6 Å². The molecule has 1 aliphatic rings. The molecule has 0 amide bonds. The fraction of sp³-hybridized carbons (Fsp3) is 0.529. The van der Waals surface area contributed by atoms with E-state index in [1.54, 1.807) is 0 Å². The van der Waals surface area contributed by atoms with Crippen LogP contribution in [-0.2, 0) is 0 Å². The van der Waals surface area contributed by atoms with Crippen molar-refractivity contribution in [3.05, 3.63) is 35.9 Å². The maximum absolute atomic E-state index is 5.65. The normalized spacial score (nSPS) is 15.9. The third kappa shape index (κ3) is 5.07. The van der Waals surface area contributed by atoms with Gasteiger partial charge in [-0.3, -0.25) is 0 Å². The zero-order valence-electron chi connectivity index (χ0n) is 12.3. The average molecular weight is 259 g/mol. The first-order valence-corrected chi connectivity index (χ1v) is 7.32. The van der Waals surface area contributed by atoms with E-state index in [1.165, 1.54) is 24.0 Å². The number of hydrogen-bond donors (Lipinski definition) is 1. The van der Waals surface area contributed by atoms with Gasteiger partial charge in [-0.1, -0.05) is 18.2 Å². The molecule has 1 aromatic rings. The molecule has 104 valence electrons. The molecule has 0 heterocycles. The Balaban J connectivity index is 1.83. The van der Waals surface area contributed by atoms with Crippen molar-refractivity contribution in [3.8, 4) is 5.75 Å². The molecule has 0 atom stereocenters. The number of allylic oxidation sites excluding steroid dienone is 1. The lowest BCUT2D eigenvalue weighted by molar-refractivity contribution is 0.242. The molecule has 1 saturated carbocycles. The van der Waals surface area contributed by atoms with Crippen molar-refractivity contribution in [1.82, 2.24) is 5.32 Å². The number of ether oxygens (including phenoxy) is 1. The highest BCUT2D eigenvalue weighted by Crippen LogP contribution is 2.20. The van der Waals surface area contributed by atoms with Gasteiger partial charge in [0.05, 0.1) is 6.10 Å². The van der Waals surface area contributed by atoms with Crippen molar-refractivity contribution in [2.75, 3.05) is 6.54 Å². The van der Waals surface area contributed by atoms with Gasteiger partial charge in [0, 0.05) is 6.04 Å². The summed E-state index contributed by atoms with van der Waals surface area (Å²) in [5, 5.41) is 3.53. The van der Waals surface area contributed by atoms with Crippen molar-refractivity contribution >= 4 is 5.57 Å². The molecule has 0 aliphatic heterocycles. The van der Waals surface area contributed by atoms with Gasteiger partial charge in [-0.15, -0.1) is 0 Å². The minimum Gasteiger partial charge on any atom is -0.491 e. The SMILES string of the molecule is CC(=CCCNC1CC1)c1ccc(OC(C)C)cc1. The van der Waals surface area contributed by atoms with E-state index < -0.39 is 0 Å². The van der Waals surface area contributed by atoms with Gasteiger partial charge in [-0.2, -0.15) is 0 Å². The number of hydrogen-bond acceptors (Lipinski definition) is 2. The minimum atomic E-state index is 0.232. The molecule has 2 nitrogen and oxygen atoms in total. The summed E-state index contributed by atoms with van der Waals surface area (Å²) in [7, 11) is 0. The van der Waals surface area contributed by atoms with Gasteiger partial charge in [0.2, 0.25) is 0 Å². The fourth-order valence-electron chi connectivity index (χ4n) is 2.05. The molecule has 0 aromatic heterocycles. The van der Waals surface area contributed by atoms with Gasteiger partial charge in [-0.05, 0) is 69.8 Å². The van der Waals surface area contributed by atoms with Crippen LogP contribution in [0.3, 0.4) is 0 Å². The van der Waals surface area contributed by atoms with Gasteiger partial charge in [0.15, 0.2) is 0 Å². The molecule has 0 unspecified atom stereocenters. The van der Waals surface area contributed by atoms with Gasteiger partial charge >= 0.3 is 0 Å². The van der Waals surface area contributed by atoms with Crippen LogP contribution in [0.4, 0.5) is 0 Å². The van der Waals surface area contributed by atoms with Gasteiger partial charge in [-0.25, -0.2) is 0 Å². The van der Waals surface area contributed by atoms with Crippen molar-refractivity contribution in [1.29, 1.82) is 0 Å². The molecule has 2 heteroatoms. The Morgan fingerprint density at radius 2 is 2.00 bits per heavy atom. The molecular formula is C17H25NO. The lowest BCUT2D eigenvalue weighted by Crippen LogP contribution is -2.16. The summed E-state index contributed by atoms with van der Waals surface area (Å²) >= 11 is 0. The molecule has 1 aliphatic carbocycles. The molecule has 2 rings (SSSR count). The summed E-state index contributed by atoms with van der Waals surface area (Å²) in [5.74, 6) is 0.946. The van der Waals surface area contributed by atoms with E-state index >= 15 is 0 Å². The lowest BCUT2D eigenvalue weighted by atomic mass is 10.1. The molecule has 19 heavy (non-hydrogen) atoms. The van der Waals surface area contributed by atoms with Crippen molar-refractivity contribution in [2.45, 2.75) is 52.2 Å². The van der Waals surface area contributed by atoms with E-state index in [4.69, 9.17) is 4.74 Å². The molecule has 1 fully saturated rings. The van der Waals surface area contributed by atoms with Crippen LogP contribution < -0.4 is 10.1 Å². The van der Waals surface area contributed by atoms with E-state index in [9.17, 15) is 0 Å². The molecule has 0 saturated heterocycles.